The molecule has 0 bridgehead atoms. The minimum absolute atomic E-state index is 0.403. The maximum absolute atomic E-state index is 5.29. The molecule has 0 aliphatic carbocycles. The van der Waals surface area contributed by atoms with Crippen molar-refractivity contribution in [2.75, 3.05) is 13.2 Å². The van der Waals surface area contributed by atoms with Gasteiger partial charge in [-0.2, -0.15) is 0 Å². The van der Waals surface area contributed by atoms with Crippen LogP contribution in [0.1, 0.15) is 0 Å². The van der Waals surface area contributed by atoms with Crippen molar-refractivity contribution in [2.45, 2.75) is 0 Å². The van der Waals surface area contributed by atoms with E-state index in [-0.39, 0.29) is 0 Å². The molecule has 0 spiro atoms. The molecule has 0 atom stereocenters. The fourth-order valence-corrected chi connectivity index (χ4v) is 0.358. The number of nitrogens with two attached hydrogens (primary N) is 1. The molecular weight excluding hydrogens is 94.0 g/mol. The third kappa shape index (κ3) is 1.17. The molecule has 1 aliphatic heterocycles. The van der Waals surface area contributed by atoms with Gasteiger partial charge in [0.15, 0.2) is 0 Å². The van der Waals surface area contributed by atoms with Crippen molar-refractivity contribution < 1.29 is 9.78 Å². The highest BCUT2D eigenvalue weighted by Crippen LogP contribution is 1.93. The summed E-state index contributed by atoms with van der Waals surface area (Å²) in [6.07, 6.45) is 1.78. The van der Waals surface area contributed by atoms with Crippen molar-refractivity contribution >= 4 is 0 Å². The van der Waals surface area contributed by atoms with Crippen LogP contribution in [0.2, 0.25) is 0 Å². The maximum Gasteiger partial charge on any atom is 0.121 e. The van der Waals surface area contributed by atoms with E-state index in [0.717, 1.165) is 5.70 Å². The predicted molar refractivity (Wildman–Crippen MR) is 24.2 cm³/mol. The summed E-state index contributed by atoms with van der Waals surface area (Å²) in [5.41, 5.74) is 6.03. The van der Waals surface area contributed by atoms with Crippen LogP contribution in [0, 0.1) is 0 Å². The second-order valence-corrected chi connectivity index (χ2v) is 1.33. The SMILES string of the molecule is NC1=CCOOC1. The zero-order valence-electron chi connectivity index (χ0n) is 3.89. The molecule has 0 aromatic carbocycles. The van der Waals surface area contributed by atoms with Gasteiger partial charge in [-0.1, -0.05) is 0 Å². The molecule has 1 rings (SSSR count). The summed E-state index contributed by atoms with van der Waals surface area (Å²) >= 11 is 0. The molecule has 0 unspecified atom stereocenters. The van der Waals surface area contributed by atoms with E-state index < -0.39 is 0 Å². The van der Waals surface area contributed by atoms with Crippen LogP contribution in [0.15, 0.2) is 11.8 Å². The zero-order valence-corrected chi connectivity index (χ0v) is 3.89. The fourth-order valence-electron chi connectivity index (χ4n) is 0.358. The van der Waals surface area contributed by atoms with Crippen molar-refractivity contribution in [1.82, 2.24) is 0 Å². The van der Waals surface area contributed by atoms with Gasteiger partial charge >= 0.3 is 0 Å². The number of hydrogen-bond donors (Lipinski definition) is 1. The van der Waals surface area contributed by atoms with Gasteiger partial charge in [-0.25, -0.2) is 9.78 Å². The molecular formula is C4H7NO2. The molecule has 40 valence electrons. The topological polar surface area (TPSA) is 44.5 Å². The van der Waals surface area contributed by atoms with Crippen LogP contribution < -0.4 is 5.73 Å². The van der Waals surface area contributed by atoms with Crippen LogP contribution in [0.4, 0.5) is 0 Å². The summed E-state index contributed by atoms with van der Waals surface area (Å²) in [5.74, 6) is 0. The highest BCUT2D eigenvalue weighted by molar-refractivity contribution is 4.97. The smallest absolute Gasteiger partial charge is 0.121 e. The van der Waals surface area contributed by atoms with Crippen LogP contribution in [-0.4, -0.2) is 13.2 Å². The van der Waals surface area contributed by atoms with Crippen LogP contribution in [0.25, 0.3) is 0 Å². The summed E-state index contributed by atoms with van der Waals surface area (Å²) < 4.78 is 0. The second kappa shape index (κ2) is 1.95. The first-order valence-electron chi connectivity index (χ1n) is 2.08. The third-order valence-electron chi connectivity index (χ3n) is 0.722. The molecule has 2 N–H and O–H groups in total. The number of rotatable bonds is 0. The van der Waals surface area contributed by atoms with Crippen LogP contribution in [0.3, 0.4) is 0 Å². The van der Waals surface area contributed by atoms with E-state index in [1.165, 1.54) is 0 Å². The number of hydrogen-bond acceptors (Lipinski definition) is 3. The van der Waals surface area contributed by atoms with E-state index in [9.17, 15) is 0 Å². The molecule has 3 heteroatoms. The van der Waals surface area contributed by atoms with Gasteiger partial charge in [-0.05, 0) is 6.08 Å². The van der Waals surface area contributed by atoms with Gasteiger partial charge in [-0.3, -0.25) is 0 Å². The van der Waals surface area contributed by atoms with E-state index in [1.807, 2.05) is 0 Å². The lowest BCUT2D eigenvalue weighted by atomic mass is 10.4. The largest absolute Gasteiger partial charge is 0.400 e. The Labute approximate surface area is 41.6 Å². The Morgan fingerprint density at radius 3 is 2.71 bits per heavy atom. The lowest BCUT2D eigenvalue weighted by Gasteiger charge is -2.06. The lowest BCUT2D eigenvalue weighted by molar-refractivity contribution is -0.286. The van der Waals surface area contributed by atoms with Crippen LogP contribution in [0.5, 0.6) is 0 Å². The Kier molecular flexibility index (Phi) is 1.29. The average molecular weight is 101 g/mol. The lowest BCUT2D eigenvalue weighted by Crippen LogP contribution is -2.13. The summed E-state index contributed by atoms with van der Waals surface area (Å²) in [5, 5.41) is 0. The summed E-state index contributed by atoms with van der Waals surface area (Å²) in [4.78, 5) is 8.97. The predicted octanol–water partition coefficient (Wildman–Crippen LogP) is -0.209. The van der Waals surface area contributed by atoms with Crippen LogP contribution >= 0.6 is 0 Å². The molecule has 0 aromatic heterocycles. The monoisotopic (exact) mass is 101 g/mol. The van der Waals surface area contributed by atoms with E-state index >= 15 is 0 Å². The zero-order chi connectivity index (χ0) is 5.11. The molecule has 7 heavy (non-hydrogen) atoms. The first kappa shape index (κ1) is 4.61. The van der Waals surface area contributed by atoms with Crippen molar-refractivity contribution in [3.05, 3.63) is 11.8 Å². The third-order valence-corrected chi connectivity index (χ3v) is 0.722. The molecule has 3 nitrogen and oxygen atoms in total. The summed E-state index contributed by atoms with van der Waals surface area (Å²) in [7, 11) is 0. The van der Waals surface area contributed by atoms with Gasteiger partial charge < -0.3 is 5.73 Å². The highest BCUT2D eigenvalue weighted by Gasteiger charge is 1.96. The Bertz CT molecular complexity index is 89.7. The van der Waals surface area contributed by atoms with E-state index in [0.29, 0.717) is 13.2 Å². The molecule has 0 saturated carbocycles. The fraction of sp³-hybridized carbons (Fsp3) is 0.500. The van der Waals surface area contributed by atoms with Crippen molar-refractivity contribution in [3.63, 3.8) is 0 Å². The molecule has 0 saturated heterocycles. The van der Waals surface area contributed by atoms with Gasteiger partial charge in [0.25, 0.3) is 0 Å². The second-order valence-electron chi connectivity index (χ2n) is 1.33. The normalized spacial score (nSPS) is 21.4. The average Bonchev–Trinajstić information content (AvgIpc) is 1.69. The minimum Gasteiger partial charge on any atom is -0.400 e. The Morgan fingerprint density at radius 2 is 2.43 bits per heavy atom. The Morgan fingerprint density at radius 1 is 1.57 bits per heavy atom. The maximum atomic E-state index is 5.29. The van der Waals surface area contributed by atoms with E-state index in [2.05, 4.69) is 9.78 Å². The quantitative estimate of drug-likeness (QED) is 0.429. The van der Waals surface area contributed by atoms with Gasteiger partial charge in [0.05, 0.1) is 0 Å². The van der Waals surface area contributed by atoms with Crippen molar-refractivity contribution in [3.8, 4) is 0 Å². The van der Waals surface area contributed by atoms with Crippen molar-refractivity contribution in [2.24, 2.45) is 5.73 Å². The minimum atomic E-state index is 0.403. The molecule has 0 aromatic rings. The Balaban J connectivity index is 2.40. The van der Waals surface area contributed by atoms with Gasteiger partial charge in [-0.15, -0.1) is 0 Å². The first-order chi connectivity index (χ1) is 3.39. The van der Waals surface area contributed by atoms with E-state index in [4.69, 9.17) is 5.73 Å². The molecule has 0 amide bonds. The summed E-state index contributed by atoms with van der Waals surface area (Å²) in [6, 6.07) is 0. The molecule has 0 radical (unpaired) electrons. The molecule has 0 fully saturated rings. The van der Waals surface area contributed by atoms with Gasteiger partial charge in [0.1, 0.15) is 13.2 Å². The highest BCUT2D eigenvalue weighted by atomic mass is 17.2. The van der Waals surface area contributed by atoms with E-state index in [1.54, 1.807) is 6.08 Å². The van der Waals surface area contributed by atoms with Crippen LogP contribution in [-0.2, 0) is 9.78 Å². The van der Waals surface area contributed by atoms with Gasteiger partial charge in [0.2, 0.25) is 0 Å². The summed E-state index contributed by atoms with van der Waals surface area (Å²) in [6.45, 7) is 0.881. The molecule has 1 aliphatic rings. The molecule has 1 heterocycles. The van der Waals surface area contributed by atoms with Gasteiger partial charge in [0, 0.05) is 5.70 Å². The van der Waals surface area contributed by atoms with Crippen molar-refractivity contribution in [1.29, 1.82) is 0 Å². The standard InChI is InChI=1S/C4H7NO2/c5-4-1-2-6-7-3-4/h1H,2-3,5H2. The first-order valence-corrected chi connectivity index (χ1v) is 2.08. The Hall–Kier alpha value is -0.540.